The van der Waals surface area contributed by atoms with Crippen LogP contribution < -0.4 is 9.47 Å². The second kappa shape index (κ2) is 12.1. The van der Waals surface area contributed by atoms with Gasteiger partial charge in [-0.05, 0) is 104 Å². The number of halogens is 3. The van der Waals surface area contributed by atoms with Crippen LogP contribution in [0.4, 0.5) is 13.2 Å². The van der Waals surface area contributed by atoms with E-state index in [0.717, 1.165) is 60.4 Å². The zero-order valence-electron chi connectivity index (χ0n) is 22.8. The molecule has 1 N–H and O–H groups in total. The number of alkyl halides is 3. The molecule has 1 aliphatic carbocycles. The maximum absolute atomic E-state index is 12.6. The van der Waals surface area contributed by atoms with Crippen molar-refractivity contribution < 1.29 is 31.4 Å². The van der Waals surface area contributed by atoms with E-state index in [2.05, 4.69) is 29.8 Å². The smallest absolute Gasteiger partial charge is 0.573 e. The number of hydrogen-bond donors (Lipinski definition) is 1. The Labute approximate surface area is 243 Å². The lowest BCUT2D eigenvalue weighted by Crippen LogP contribution is -2.49. The van der Waals surface area contributed by atoms with Crippen LogP contribution in [0.3, 0.4) is 0 Å². The van der Waals surface area contributed by atoms with Crippen LogP contribution >= 0.6 is 0 Å². The summed E-state index contributed by atoms with van der Waals surface area (Å²) in [5.41, 5.74) is 2.71. The molecule has 3 aromatic heterocycles. The summed E-state index contributed by atoms with van der Waals surface area (Å²) in [7, 11) is 0. The number of benzene rings is 1. The predicted octanol–water partition coefficient (Wildman–Crippen LogP) is 5.67. The van der Waals surface area contributed by atoms with Crippen molar-refractivity contribution >= 4 is 33.0 Å². The molecule has 42 heavy (non-hydrogen) atoms. The molecule has 224 valence electrons. The Kier molecular flexibility index (Phi) is 8.33. The molecule has 0 spiro atoms. The van der Waals surface area contributed by atoms with Gasteiger partial charge in [0.05, 0.1) is 29.9 Å². The fraction of sp³-hybridized carbons (Fsp3) is 0.483. The van der Waals surface area contributed by atoms with E-state index in [1.54, 1.807) is 12.4 Å². The summed E-state index contributed by atoms with van der Waals surface area (Å²) in [6.07, 6.45) is 5.72. The van der Waals surface area contributed by atoms with E-state index >= 15 is 0 Å². The number of H-pyrrole nitrogens is 1. The van der Waals surface area contributed by atoms with E-state index in [9.17, 15) is 21.9 Å². The van der Waals surface area contributed by atoms with Gasteiger partial charge in [0, 0.05) is 29.4 Å². The summed E-state index contributed by atoms with van der Waals surface area (Å²) in [6.45, 7) is 1.65. The zero-order chi connectivity index (χ0) is 29.3. The Balaban J connectivity index is 1.08. The maximum Gasteiger partial charge on any atom is 0.573 e. The number of likely N-dealkylation sites (tertiary alicyclic amines) is 1. The molecule has 2 fully saturated rings. The van der Waals surface area contributed by atoms with E-state index in [-0.39, 0.29) is 23.5 Å². The number of nitrogens with zero attached hydrogens (tertiary/aromatic N) is 4. The molecule has 3 atom stereocenters. The molecule has 1 aromatic carbocycles. The minimum absolute atomic E-state index is 0.0252. The van der Waals surface area contributed by atoms with Gasteiger partial charge in [0.25, 0.3) is 0 Å². The van der Waals surface area contributed by atoms with Crippen LogP contribution in [0.5, 0.6) is 11.5 Å². The molecule has 9 nitrogen and oxygen atoms in total. The van der Waals surface area contributed by atoms with Gasteiger partial charge >= 0.3 is 6.36 Å². The largest absolute Gasteiger partial charge is 0.771 e. The molecule has 1 saturated carbocycles. The van der Waals surface area contributed by atoms with Crippen molar-refractivity contribution in [3.8, 4) is 11.5 Å². The molecule has 0 radical (unpaired) electrons. The summed E-state index contributed by atoms with van der Waals surface area (Å²) >= 11 is -2.26. The number of hydrogen-bond acceptors (Lipinski definition) is 8. The molecule has 6 rings (SSSR count). The van der Waals surface area contributed by atoms with Gasteiger partial charge in [-0.15, -0.1) is 13.2 Å². The Morgan fingerprint density at radius 1 is 1.05 bits per heavy atom. The van der Waals surface area contributed by atoms with E-state index in [1.165, 1.54) is 24.3 Å². The van der Waals surface area contributed by atoms with E-state index in [4.69, 9.17) is 4.74 Å². The summed E-state index contributed by atoms with van der Waals surface area (Å²) in [6, 6.07) is 7.28. The van der Waals surface area contributed by atoms with Gasteiger partial charge in [0.1, 0.15) is 11.5 Å². The van der Waals surface area contributed by atoms with Crippen molar-refractivity contribution in [1.82, 2.24) is 25.1 Å². The molecule has 1 saturated heterocycles. The molecule has 13 heteroatoms. The van der Waals surface area contributed by atoms with Crippen LogP contribution in [-0.4, -0.2) is 65.3 Å². The van der Waals surface area contributed by atoms with Crippen molar-refractivity contribution in [2.75, 3.05) is 19.7 Å². The molecule has 0 amide bonds. The van der Waals surface area contributed by atoms with Crippen LogP contribution in [0.25, 0.3) is 21.9 Å². The first kappa shape index (κ1) is 28.8. The summed E-state index contributed by atoms with van der Waals surface area (Å²) < 4.78 is 72.1. The normalized spacial score (nSPS) is 23.6. The SMILES string of the molecule is O=S([O-])C(C1CCC(c2cn[nH]c3cnc4nccc4c23)CC1)N1CCCC(COc2ccc(OC(F)(F)F)cc2)C1. The molecule has 4 aromatic rings. The molecule has 1 aliphatic heterocycles. The highest BCUT2D eigenvalue weighted by molar-refractivity contribution is 7.79. The van der Waals surface area contributed by atoms with Gasteiger partial charge in [0.15, 0.2) is 5.65 Å². The van der Waals surface area contributed by atoms with Crippen LogP contribution in [0.1, 0.15) is 50.0 Å². The standard InChI is InChI=1S/C29H32F3N5O4S/c30-29(31,32)41-22-9-7-21(8-10-22)40-17-18-2-1-13-37(16-18)28(42(38)39)20-5-3-19(4-6-20)24-14-35-36-25-15-34-27-23(26(24)25)11-12-33-27/h7-12,14-15,18-20,28,36H,1-6,13,16-17H2,(H,38,39)/p-1. The topological polar surface area (TPSA) is 116 Å². The van der Waals surface area contributed by atoms with Crippen molar-refractivity contribution in [3.05, 3.63) is 54.5 Å². The van der Waals surface area contributed by atoms with E-state index in [1.807, 2.05) is 12.3 Å². The van der Waals surface area contributed by atoms with Crippen molar-refractivity contribution in [1.29, 1.82) is 0 Å². The first-order chi connectivity index (χ1) is 20.2. The molecule has 3 unspecified atom stereocenters. The lowest BCUT2D eigenvalue weighted by atomic mass is 9.77. The average Bonchev–Trinajstić information content (AvgIpc) is 3.46. The fourth-order valence-corrected chi connectivity index (χ4v) is 7.63. The third-order valence-electron chi connectivity index (χ3n) is 8.48. The van der Waals surface area contributed by atoms with E-state index < -0.39 is 22.8 Å². The number of nitrogens with one attached hydrogen (secondary N) is 1. The third-order valence-corrected chi connectivity index (χ3v) is 9.55. The third kappa shape index (κ3) is 6.37. The van der Waals surface area contributed by atoms with Gasteiger partial charge in [-0.25, -0.2) is 9.97 Å². The van der Waals surface area contributed by atoms with Gasteiger partial charge in [-0.1, -0.05) is 0 Å². The van der Waals surface area contributed by atoms with Crippen LogP contribution in [-0.2, 0) is 11.1 Å². The summed E-state index contributed by atoms with van der Waals surface area (Å²) in [4.78, 5) is 10.8. The van der Waals surface area contributed by atoms with Crippen molar-refractivity contribution in [3.63, 3.8) is 0 Å². The number of piperidine rings is 1. The lowest BCUT2D eigenvalue weighted by Gasteiger charge is -2.44. The van der Waals surface area contributed by atoms with Crippen LogP contribution in [0.15, 0.2) is 48.9 Å². The Morgan fingerprint density at radius 2 is 1.81 bits per heavy atom. The average molecular weight is 603 g/mol. The number of aromatic amines is 1. The first-order valence-corrected chi connectivity index (χ1v) is 15.3. The number of fused-ring (bicyclic) bond motifs is 3. The quantitative estimate of drug-likeness (QED) is 0.256. The zero-order valence-corrected chi connectivity index (χ0v) is 23.6. The summed E-state index contributed by atoms with van der Waals surface area (Å²) in [5, 5.41) is 8.90. The molecular formula is C29H31F3N5O4S-. The van der Waals surface area contributed by atoms with Gasteiger partial charge in [-0.3, -0.25) is 14.2 Å². The monoisotopic (exact) mass is 602 g/mol. The highest BCUT2D eigenvalue weighted by Crippen LogP contribution is 2.42. The van der Waals surface area contributed by atoms with Gasteiger partial charge in [-0.2, -0.15) is 5.10 Å². The molecule has 0 bridgehead atoms. The first-order valence-electron chi connectivity index (χ1n) is 14.1. The Bertz CT molecular complexity index is 1540. The summed E-state index contributed by atoms with van der Waals surface area (Å²) in [5.74, 6) is 0.534. The highest BCUT2D eigenvalue weighted by Gasteiger charge is 2.36. The molecule has 4 heterocycles. The number of pyridine rings is 1. The second-order valence-corrected chi connectivity index (χ2v) is 12.2. The minimum atomic E-state index is -4.75. The lowest BCUT2D eigenvalue weighted by molar-refractivity contribution is -0.274. The van der Waals surface area contributed by atoms with Gasteiger partial charge < -0.3 is 14.0 Å². The fourth-order valence-electron chi connectivity index (χ4n) is 6.61. The van der Waals surface area contributed by atoms with Crippen molar-refractivity contribution in [2.45, 2.75) is 56.2 Å². The number of aromatic nitrogens is 4. The minimum Gasteiger partial charge on any atom is -0.771 e. The highest BCUT2D eigenvalue weighted by atomic mass is 32.2. The van der Waals surface area contributed by atoms with E-state index in [0.29, 0.717) is 31.1 Å². The Morgan fingerprint density at radius 3 is 2.55 bits per heavy atom. The van der Waals surface area contributed by atoms with Crippen molar-refractivity contribution in [2.24, 2.45) is 11.8 Å². The molecular weight excluding hydrogens is 571 g/mol. The second-order valence-electron chi connectivity index (χ2n) is 11.2. The van der Waals surface area contributed by atoms with Gasteiger partial charge in [0.2, 0.25) is 0 Å². The molecule has 2 aliphatic rings. The Hall–Kier alpha value is -3.29. The maximum atomic E-state index is 12.6. The van der Waals surface area contributed by atoms with Crippen LogP contribution in [0, 0.1) is 11.8 Å². The number of rotatable bonds is 8. The number of ether oxygens (including phenoxy) is 2. The predicted molar refractivity (Wildman–Crippen MR) is 150 cm³/mol. The van der Waals surface area contributed by atoms with Crippen LogP contribution in [0.2, 0.25) is 0 Å².